The minimum Gasteiger partial charge on any atom is -0.327 e. The van der Waals surface area contributed by atoms with Crippen LogP contribution in [0, 0.1) is 5.92 Å². The molecule has 1 aliphatic heterocycles. The summed E-state index contributed by atoms with van der Waals surface area (Å²) in [6.07, 6.45) is 5.13. The number of nitrogens with zero attached hydrogens (tertiary/aromatic N) is 1. The van der Waals surface area contributed by atoms with E-state index >= 15 is 0 Å². The van der Waals surface area contributed by atoms with Crippen molar-refractivity contribution in [1.82, 2.24) is 4.31 Å². The summed E-state index contributed by atoms with van der Waals surface area (Å²) in [5.41, 5.74) is 6.19. The second-order valence-electron chi connectivity index (χ2n) is 5.41. The van der Waals surface area contributed by atoms with Gasteiger partial charge in [-0.2, -0.15) is 0 Å². The summed E-state index contributed by atoms with van der Waals surface area (Å²) in [7, 11) is -3.05. The molecule has 0 spiro atoms. The van der Waals surface area contributed by atoms with Crippen LogP contribution in [0.25, 0.3) is 0 Å². The van der Waals surface area contributed by atoms with Crippen molar-refractivity contribution in [2.75, 3.05) is 19.3 Å². The highest BCUT2D eigenvalue weighted by Gasteiger charge is 2.26. The molecular weight excluding hydrogens is 280 g/mol. The Labute approximate surface area is 119 Å². The minimum absolute atomic E-state index is 0.128. The molecule has 2 heterocycles. The van der Waals surface area contributed by atoms with E-state index in [0.717, 1.165) is 25.7 Å². The first kappa shape index (κ1) is 15.0. The Balaban J connectivity index is 1.85. The van der Waals surface area contributed by atoms with Crippen LogP contribution in [-0.4, -0.2) is 38.1 Å². The summed E-state index contributed by atoms with van der Waals surface area (Å²) >= 11 is 1.73. The fourth-order valence-electron chi connectivity index (χ4n) is 2.72. The molecule has 0 amide bonds. The van der Waals surface area contributed by atoms with E-state index in [1.54, 1.807) is 15.6 Å². The molecule has 1 aromatic rings. The van der Waals surface area contributed by atoms with E-state index in [0.29, 0.717) is 19.0 Å². The molecule has 0 aromatic carbocycles. The minimum atomic E-state index is -3.05. The highest BCUT2D eigenvalue weighted by molar-refractivity contribution is 7.88. The number of piperidine rings is 1. The molecule has 2 unspecified atom stereocenters. The van der Waals surface area contributed by atoms with Gasteiger partial charge in [-0.25, -0.2) is 12.7 Å². The van der Waals surface area contributed by atoms with Crippen molar-refractivity contribution in [3.05, 3.63) is 22.4 Å². The molecule has 1 aromatic heterocycles. The Morgan fingerprint density at radius 1 is 1.58 bits per heavy atom. The van der Waals surface area contributed by atoms with Gasteiger partial charge >= 0.3 is 0 Å². The fourth-order valence-corrected chi connectivity index (χ4v) is 4.46. The van der Waals surface area contributed by atoms with Crippen LogP contribution in [0.2, 0.25) is 0 Å². The zero-order chi connectivity index (χ0) is 13.9. The molecule has 1 fully saturated rings. The summed E-state index contributed by atoms with van der Waals surface area (Å²) in [6.45, 7) is 1.30. The van der Waals surface area contributed by atoms with Crippen molar-refractivity contribution < 1.29 is 8.42 Å². The van der Waals surface area contributed by atoms with Crippen LogP contribution in [0.3, 0.4) is 0 Å². The number of nitrogens with two attached hydrogens (primary N) is 1. The fraction of sp³-hybridized carbons (Fsp3) is 0.692. The number of hydrogen-bond acceptors (Lipinski definition) is 4. The Morgan fingerprint density at radius 3 is 3.00 bits per heavy atom. The van der Waals surface area contributed by atoms with E-state index < -0.39 is 10.0 Å². The second kappa shape index (κ2) is 6.35. The van der Waals surface area contributed by atoms with Crippen LogP contribution in [0.15, 0.2) is 17.5 Å². The van der Waals surface area contributed by atoms with E-state index in [-0.39, 0.29) is 6.04 Å². The number of rotatable bonds is 5. The van der Waals surface area contributed by atoms with Crippen molar-refractivity contribution in [3.63, 3.8) is 0 Å². The summed E-state index contributed by atoms with van der Waals surface area (Å²) in [5.74, 6) is 0.401. The molecule has 19 heavy (non-hydrogen) atoms. The number of hydrogen-bond donors (Lipinski definition) is 1. The molecule has 0 saturated carbocycles. The molecule has 108 valence electrons. The first-order valence-corrected chi connectivity index (χ1v) is 9.41. The molecule has 4 nitrogen and oxygen atoms in total. The third-order valence-corrected chi connectivity index (χ3v) is 5.80. The van der Waals surface area contributed by atoms with Gasteiger partial charge in [-0.05, 0) is 43.0 Å². The maximum absolute atomic E-state index is 11.6. The summed E-state index contributed by atoms with van der Waals surface area (Å²) in [6, 6.07) is 4.27. The maximum atomic E-state index is 11.6. The third-order valence-electron chi connectivity index (χ3n) is 3.63. The van der Waals surface area contributed by atoms with Gasteiger partial charge in [-0.3, -0.25) is 0 Å². The molecule has 1 saturated heterocycles. The molecule has 2 atom stereocenters. The molecule has 0 aliphatic carbocycles. The molecule has 0 radical (unpaired) electrons. The summed E-state index contributed by atoms with van der Waals surface area (Å²) < 4.78 is 24.7. The van der Waals surface area contributed by atoms with Crippen molar-refractivity contribution in [2.45, 2.75) is 31.7 Å². The van der Waals surface area contributed by atoms with Crippen LogP contribution >= 0.6 is 11.3 Å². The van der Waals surface area contributed by atoms with E-state index in [4.69, 9.17) is 5.73 Å². The van der Waals surface area contributed by atoms with Gasteiger partial charge < -0.3 is 5.73 Å². The lowest BCUT2D eigenvalue weighted by Gasteiger charge is -2.32. The average molecular weight is 302 g/mol. The summed E-state index contributed by atoms with van der Waals surface area (Å²) in [5, 5.41) is 2.06. The van der Waals surface area contributed by atoms with Crippen molar-refractivity contribution in [3.8, 4) is 0 Å². The predicted molar refractivity (Wildman–Crippen MR) is 79.8 cm³/mol. The summed E-state index contributed by atoms with van der Waals surface area (Å²) in [4.78, 5) is 1.31. The van der Waals surface area contributed by atoms with Gasteiger partial charge in [-0.15, -0.1) is 11.3 Å². The standard InChI is InChI=1S/C13H22N2O2S2/c1-19(16,17)15-6-2-4-11(10-15)8-12(14)9-13-5-3-7-18-13/h3,5,7,11-12H,2,4,6,8-10,14H2,1H3. The first-order valence-electron chi connectivity index (χ1n) is 6.68. The SMILES string of the molecule is CS(=O)(=O)N1CCCC(CC(N)Cc2cccs2)C1. The molecule has 1 aliphatic rings. The normalized spacial score (nSPS) is 23.4. The van der Waals surface area contributed by atoms with Gasteiger partial charge in [-0.1, -0.05) is 6.07 Å². The number of thiophene rings is 1. The van der Waals surface area contributed by atoms with Gasteiger partial charge in [0.2, 0.25) is 10.0 Å². The lowest BCUT2D eigenvalue weighted by molar-refractivity contribution is 0.246. The van der Waals surface area contributed by atoms with Crippen LogP contribution < -0.4 is 5.73 Å². The highest BCUT2D eigenvalue weighted by atomic mass is 32.2. The monoisotopic (exact) mass is 302 g/mol. The lowest BCUT2D eigenvalue weighted by atomic mass is 9.91. The van der Waals surface area contributed by atoms with E-state index in [9.17, 15) is 8.42 Å². The number of sulfonamides is 1. The van der Waals surface area contributed by atoms with Crippen LogP contribution in [0.4, 0.5) is 0 Å². The smallest absolute Gasteiger partial charge is 0.211 e. The molecule has 2 rings (SSSR count). The van der Waals surface area contributed by atoms with E-state index in [2.05, 4.69) is 11.4 Å². The maximum Gasteiger partial charge on any atom is 0.211 e. The van der Waals surface area contributed by atoms with Crippen molar-refractivity contribution >= 4 is 21.4 Å². The van der Waals surface area contributed by atoms with Gasteiger partial charge in [0, 0.05) is 24.0 Å². The Bertz CT molecular complexity index is 485. The van der Waals surface area contributed by atoms with Crippen LogP contribution in [0.1, 0.15) is 24.1 Å². The van der Waals surface area contributed by atoms with Gasteiger partial charge in [0.05, 0.1) is 6.26 Å². The third kappa shape index (κ3) is 4.56. The quantitative estimate of drug-likeness (QED) is 0.900. The van der Waals surface area contributed by atoms with E-state index in [1.807, 2.05) is 6.07 Å². The van der Waals surface area contributed by atoms with Crippen molar-refractivity contribution in [1.29, 1.82) is 0 Å². The van der Waals surface area contributed by atoms with Gasteiger partial charge in [0.15, 0.2) is 0 Å². The molecule has 0 bridgehead atoms. The average Bonchev–Trinajstić information content (AvgIpc) is 2.80. The van der Waals surface area contributed by atoms with Crippen LogP contribution in [-0.2, 0) is 16.4 Å². The predicted octanol–water partition coefficient (Wildman–Crippen LogP) is 1.68. The largest absolute Gasteiger partial charge is 0.327 e. The zero-order valence-electron chi connectivity index (χ0n) is 11.3. The Hall–Kier alpha value is -0.430. The second-order valence-corrected chi connectivity index (χ2v) is 8.42. The van der Waals surface area contributed by atoms with Gasteiger partial charge in [0.1, 0.15) is 0 Å². The van der Waals surface area contributed by atoms with Crippen molar-refractivity contribution in [2.24, 2.45) is 11.7 Å². The molecule has 2 N–H and O–H groups in total. The zero-order valence-corrected chi connectivity index (χ0v) is 12.9. The molecule has 6 heteroatoms. The van der Waals surface area contributed by atoms with Gasteiger partial charge in [0.25, 0.3) is 0 Å². The Morgan fingerprint density at radius 2 is 2.37 bits per heavy atom. The highest BCUT2D eigenvalue weighted by Crippen LogP contribution is 2.23. The first-order chi connectivity index (χ1) is 8.95. The van der Waals surface area contributed by atoms with Crippen LogP contribution in [0.5, 0.6) is 0 Å². The topological polar surface area (TPSA) is 63.4 Å². The van der Waals surface area contributed by atoms with E-state index in [1.165, 1.54) is 11.1 Å². The Kier molecular flexibility index (Phi) is 5.00. The molecular formula is C13H22N2O2S2. The lowest BCUT2D eigenvalue weighted by Crippen LogP contribution is -2.41.